The Kier molecular flexibility index (Phi) is 6.74. The summed E-state index contributed by atoms with van der Waals surface area (Å²) in [6, 6.07) is 23.7. The van der Waals surface area contributed by atoms with Gasteiger partial charge < -0.3 is 10.1 Å². The summed E-state index contributed by atoms with van der Waals surface area (Å²) >= 11 is 0. The number of aryl methyl sites for hydroxylation is 2. The molecule has 0 unspecified atom stereocenters. The normalized spacial score (nSPS) is 10.6. The molecule has 0 aliphatic carbocycles. The van der Waals surface area contributed by atoms with Crippen LogP contribution in [0, 0.1) is 13.8 Å². The molecule has 0 saturated heterocycles. The maximum atomic E-state index is 11.9. The van der Waals surface area contributed by atoms with Crippen molar-refractivity contribution in [1.82, 2.24) is 15.0 Å². The summed E-state index contributed by atoms with van der Waals surface area (Å²) in [5.41, 5.74) is 5.82. The molecule has 0 amide bonds. The lowest BCUT2D eigenvalue weighted by Crippen LogP contribution is -2.09. The first-order chi connectivity index (χ1) is 16.0. The van der Waals surface area contributed by atoms with Gasteiger partial charge in [0, 0.05) is 18.5 Å². The molecule has 4 rings (SSSR count). The zero-order valence-electron chi connectivity index (χ0n) is 19.0. The third-order valence-electron chi connectivity index (χ3n) is 5.16. The van der Waals surface area contributed by atoms with E-state index in [4.69, 9.17) is 9.72 Å². The molecule has 1 N–H and O–H groups in total. The SMILES string of the molecule is COC(=O)c1cccc(Nc2nc(Cc3cccc(C)c3)nc(Cc3cccc(C)c3)n2)c1. The van der Waals surface area contributed by atoms with Gasteiger partial charge in [0.2, 0.25) is 5.95 Å². The Morgan fingerprint density at radius 3 is 1.91 bits per heavy atom. The van der Waals surface area contributed by atoms with Crippen molar-refractivity contribution in [3.8, 4) is 0 Å². The van der Waals surface area contributed by atoms with E-state index in [-0.39, 0.29) is 0 Å². The van der Waals surface area contributed by atoms with E-state index in [1.54, 1.807) is 18.2 Å². The minimum Gasteiger partial charge on any atom is -0.465 e. The van der Waals surface area contributed by atoms with Crippen LogP contribution in [0.3, 0.4) is 0 Å². The summed E-state index contributed by atoms with van der Waals surface area (Å²) in [5, 5.41) is 3.23. The Bertz CT molecular complexity index is 1220. The molecule has 6 heteroatoms. The number of ether oxygens (including phenoxy) is 1. The quantitative estimate of drug-likeness (QED) is 0.400. The van der Waals surface area contributed by atoms with E-state index in [2.05, 4.69) is 65.5 Å². The number of rotatable bonds is 7. The van der Waals surface area contributed by atoms with Crippen LogP contribution < -0.4 is 5.32 Å². The van der Waals surface area contributed by atoms with Gasteiger partial charge in [-0.15, -0.1) is 0 Å². The number of esters is 1. The summed E-state index contributed by atoms with van der Waals surface area (Å²) in [5.74, 6) is 1.42. The molecule has 3 aromatic carbocycles. The highest BCUT2D eigenvalue weighted by Crippen LogP contribution is 2.18. The lowest BCUT2D eigenvalue weighted by molar-refractivity contribution is 0.0601. The molecule has 4 aromatic rings. The molecule has 6 nitrogen and oxygen atoms in total. The van der Waals surface area contributed by atoms with Gasteiger partial charge in [0.05, 0.1) is 12.7 Å². The van der Waals surface area contributed by atoms with Crippen molar-refractivity contribution < 1.29 is 9.53 Å². The van der Waals surface area contributed by atoms with Crippen molar-refractivity contribution in [3.05, 3.63) is 112 Å². The monoisotopic (exact) mass is 438 g/mol. The third kappa shape index (κ3) is 6.01. The van der Waals surface area contributed by atoms with Gasteiger partial charge >= 0.3 is 5.97 Å². The second-order valence-electron chi connectivity index (χ2n) is 8.02. The van der Waals surface area contributed by atoms with Gasteiger partial charge in [0.25, 0.3) is 0 Å². The highest BCUT2D eigenvalue weighted by molar-refractivity contribution is 5.90. The Morgan fingerprint density at radius 2 is 1.36 bits per heavy atom. The number of aromatic nitrogens is 3. The van der Waals surface area contributed by atoms with E-state index >= 15 is 0 Å². The summed E-state index contributed by atoms with van der Waals surface area (Å²) in [4.78, 5) is 26.0. The molecule has 0 bridgehead atoms. The maximum absolute atomic E-state index is 11.9. The number of methoxy groups -OCH3 is 1. The first-order valence-electron chi connectivity index (χ1n) is 10.8. The van der Waals surface area contributed by atoms with Crippen LogP contribution in [-0.2, 0) is 17.6 Å². The summed E-state index contributed by atoms with van der Waals surface area (Å²) in [6.07, 6.45) is 1.20. The molecule has 1 aromatic heterocycles. The smallest absolute Gasteiger partial charge is 0.337 e. The van der Waals surface area contributed by atoms with Gasteiger partial charge in [-0.1, -0.05) is 65.7 Å². The Labute approximate surface area is 193 Å². The highest BCUT2D eigenvalue weighted by Gasteiger charge is 2.11. The van der Waals surface area contributed by atoms with Gasteiger partial charge in [-0.05, 0) is 43.2 Å². The van der Waals surface area contributed by atoms with Gasteiger partial charge in [0.15, 0.2) is 0 Å². The Balaban J connectivity index is 1.66. The van der Waals surface area contributed by atoms with Crippen LogP contribution >= 0.6 is 0 Å². The number of anilines is 2. The Hall–Kier alpha value is -4.06. The molecule has 1 heterocycles. The van der Waals surface area contributed by atoms with E-state index in [0.29, 0.717) is 41.7 Å². The fraction of sp³-hybridized carbons (Fsp3) is 0.185. The number of benzene rings is 3. The van der Waals surface area contributed by atoms with E-state index in [1.807, 2.05) is 18.2 Å². The van der Waals surface area contributed by atoms with Crippen LogP contribution in [0.5, 0.6) is 0 Å². The third-order valence-corrected chi connectivity index (χ3v) is 5.16. The molecule has 0 fully saturated rings. The van der Waals surface area contributed by atoms with Crippen LogP contribution in [-0.4, -0.2) is 28.0 Å². The minimum atomic E-state index is -0.394. The fourth-order valence-corrected chi connectivity index (χ4v) is 3.66. The van der Waals surface area contributed by atoms with Crippen molar-refractivity contribution in [2.75, 3.05) is 12.4 Å². The lowest BCUT2D eigenvalue weighted by Gasteiger charge is -2.11. The zero-order valence-corrected chi connectivity index (χ0v) is 19.0. The molecular weight excluding hydrogens is 412 g/mol. The molecule has 0 radical (unpaired) electrons. The van der Waals surface area contributed by atoms with Crippen LogP contribution in [0.1, 0.15) is 44.3 Å². The highest BCUT2D eigenvalue weighted by atomic mass is 16.5. The average Bonchev–Trinajstić information content (AvgIpc) is 2.78. The minimum absolute atomic E-state index is 0.394. The van der Waals surface area contributed by atoms with Gasteiger partial charge in [0.1, 0.15) is 11.6 Å². The van der Waals surface area contributed by atoms with Crippen molar-refractivity contribution in [2.45, 2.75) is 26.7 Å². The largest absolute Gasteiger partial charge is 0.465 e. The molecule has 33 heavy (non-hydrogen) atoms. The van der Waals surface area contributed by atoms with Gasteiger partial charge in [-0.2, -0.15) is 9.97 Å². The van der Waals surface area contributed by atoms with Crippen LogP contribution in [0.2, 0.25) is 0 Å². The number of hydrogen-bond donors (Lipinski definition) is 1. The van der Waals surface area contributed by atoms with E-state index in [0.717, 1.165) is 11.1 Å². The van der Waals surface area contributed by atoms with Crippen molar-refractivity contribution >= 4 is 17.6 Å². The molecule has 0 saturated carbocycles. The Morgan fingerprint density at radius 1 is 0.788 bits per heavy atom. The van der Waals surface area contributed by atoms with E-state index < -0.39 is 5.97 Å². The van der Waals surface area contributed by atoms with Gasteiger partial charge in [-0.25, -0.2) is 9.78 Å². The average molecular weight is 439 g/mol. The fourth-order valence-electron chi connectivity index (χ4n) is 3.66. The van der Waals surface area contributed by atoms with Crippen molar-refractivity contribution in [1.29, 1.82) is 0 Å². The second-order valence-corrected chi connectivity index (χ2v) is 8.02. The standard InChI is InChI=1S/C27H26N4O2/c1-18-7-4-9-20(13-18)15-24-29-25(16-21-10-5-8-19(2)14-21)31-27(30-24)28-23-12-6-11-22(17-23)26(32)33-3/h4-14,17H,15-16H2,1-3H3,(H,28,29,30,31). The van der Waals surface area contributed by atoms with Crippen molar-refractivity contribution in [3.63, 3.8) is 0 Å². The maximum Gasteiger partial charge on any atom is 0.337 e. The van der Waals surface area contributed by atoms with E-state index in [9.17, 15) is 4.79 Å². The summed E-state index contributed by atoms with van der Waals surface area (Å²) in [6.45, 7) is 4.14. The lowest BCUT2D eigenvalue weighted by atomic mass is 10.1. The molecule has 0 aliphatic rings. The predicted octanol–water partition coefficient (Wildman–Crippen LogP) is 5.20. The van der Waals surface area contributed by atoms with Crippen molar-refractivity contribution in [2.24, 2.45) is 0 Å². The predicted molar refractivity (Wildman–Crippen MR) is 129 cm³/mol. The second kappa shape index (κ2) is 10.0. The zero-order chi connectivity index (χ0) is 23.2. The molecule has 0 aliphatic heterocycles. The molecule has 0 spiro atoms. The first kappa shape index (κ1) is 22.1. The first-order valence-corrected chi connectivity index (χ1v) is 10.8. The number of carbonyl (C=O) groups is 1. The van der Waals surface area contributed by atoms with Gasteiger partial charge in [-0.3, -0.25) is 0 Å². The molecule has 166 valence electrons. The molecule has 0 atom stereocenters. The number of carbonyl (C=O) groups excluding carboxylic acids is 1. The summed E-state index contributed by atoms with van der Waals surface area (Å²) < 4.78 is 4.82. The number of nitrogens with one attached hydrogen (secondary N) is 1. The van der Waals surface area contributed by atoms with Crippen LogP contribution in [0.25, 0.3) is 0 Å². The summed E-state index contributed by atoms with van der Waals surface area (Å²) in [7, 11) is 1.36. The number of hydrogen-bond acceptors (Lipinski definition) is 6. The van der Waals surface area contributed by atoms with E-state index in [1.165, 1.54) is 18.2 Å². The molecular formula is C27H26N4O2. The number of nitrogens with zero attached hydrogens (tertiary/aromatic N) is 3. The topological polar surface area (TPSA) is 77.0 Å². The van der Waals surface area contributed by atoms with Crippen LogP contribution in [0.4, 0.5) is 11.6 Å². The van der Waals surface area contributed by atoms with Crippen LogP contribution in [0.15, 0.2) is 72.8 Å².